The number of phenols is 1. The van der Waals surface area contributed by atoms with E-state index in [-0.39, 0.29) is 24.0 Å². The lowest BCUT2D eigenvalue weighted by Crippen LogP contribution is -2.22. The molecule has 1 amide bonds. The van der Waals surface area contributed by atoms with E-state index in [4.69, 9.17) is 38.0 Å². The monoisotopic (exact) mass is 673 g/mol. The van der Waals surface area contributed by atoms with Gasteiger partial charge in [-0.2, -0.15) is 0 Å². The third-order valence-corrected chi connectivity index (χ3v) is 7.26. The molecule has 0 aliphatic carbocycles. The standard InChI is InChI=1S/2C13H11NO3.C12H9NO3/c1-8-7-14-13(16-8)12-6-9-10(15-2)4-3-5-11(9)17-12;1-3-7-14-13(15)12-8-9-10(16-2)5-4-6-11(9)17-12;1-7-6-13-12(15-7)11-5-8-9(14)3-2-4-10(8)16-11/h3-7H,1-2H3;1,4-6,8H,7H2,2H3,(H,14,15);2-6,14H,1H3. The number of aromatic nitrogens is 2. The van der Waals surface area contributed by atoms with Crippen molar-refractivity contribution >= 4 is 38.8 Å². The fraction of sp³-hybridized carbons (Fsp3) is 0.132. The number of hydrogen-bond donors (Lipinski definition) is 2. The Morgan fingerprint density at radius 2 is 1.24 bits per heavy atom. The molecular weight excluding hydrogens is 642 g/mol. The first-order valence-electron chi connectivity index (χ1n) is 15.2. The molecule has 0 atom stereocenters. The molecule has 0 unspecified atom stereocenters. The van der Waals surface area contributed by atoms with Crippen molar-refractivity contribution in [2.45, 2.75) is 13.8 Å². The number of rotatable bonds is 6. The molecular formula is C38H31N3O9. The zero-order chi connectivity index (χ0) is 35.2. The van der Waals surface area contributed by atoms with Crippen LogP contribution < -0.4 is 14.8 Å². The van der Waals surface area contributed by atoms with Crippen LogP contribution in [-0.2, 0) is 0 Å². The summed E-state index contributed by atoms with van der Waals surface area (Å²) in [6.45, 7) is 3.84. The molecule has 0 aliphatic rings. The maximum Gasteiger partial charge on any atom is 0.287 e. The number of hydrogen-bond acceptors (Lipinski definition) is 11. The predicted octanol–water partition coefficient (Wildman–Crippen LogP) is 8.31. The minimum Gasteiger partial charge on any atom is -0.507 e. The topological polar surface area (TPSA) is 159 Å². The minimum absolute atomic E-state index is 0.174. The quantitative estimate of drug-likeness (QED) is 0.163. The van der Waals surface area contributed by atoms with Crippen molar-refractivity contribution < 1.29 is 41.5 Å². The smallest absolute Gasteiger partial charge is 0.287 e. The fourth-order valence-electron chi connectivity index (χ4n) is 4.95. The van der Waals surface area contributed by atoms with Crippen LogP contribution in [-0.4, -0.2) is 41.7 Å². The summed E-state index contributed by atoms with van der Waals surface area (Å²) in [6, 6.07) is 21.4. The Morgan fingerprint density at radius 1 is 0.740 bits per heavy atom. The molecule has 8 rings (SSSR count). The molecule has 0 saturated carbocycles. The number of fused-ring (bicyclic) bond motifs is 3. The van der Waals surface area contributed by atoms with Gasteiger partial charge in [0.05, 0.1) is 49.3 Å². The number of nitrogens with one attached hydrogen (secondary N) is 1. The van der Waals surface area contributed by atoms with Gasteiger partial charge in [0.2, 0.25) is 0 Å². The van der Waals surface area contributed by atoms with Gasteiger partial charge in [-0.15, -0.1) is 6.42 Å². The first-order valence-corrected chi connectivity index (χ1v) is 15.2. The van der Waals surface area contributed by atoms with Crippen molar-refractivity contribution in [2.75, 3.05) is 20.8 Å². The Kier molecular flexibility index (Phi) is 9.58. The number of methoxy groups -OCH3 is 2. The SMILES string of the molecule is C#CCNC(=O)c1cc2c(OC)cccc2o1.COc1cccc2oc(-c3ncc(C)o3)cc12.Cc1cnc(-c2cc3c(O)cccc3o2)o1. The number of benzene rings is 3. The first-order chi connectivity index (χ1) is 24.3. The van der Waals surface area contributed by atoms with Gasteiger partial charge in [0, 0.05) is 18.2 Å². The second-order valence-electron chi connectivity index (χ2n) is 10.7. The van der Waals surface area contributed by atoms with Crippen LogP contribution in [0.4, 0.5) is 0 Å². The number of furan rings is 3. The van der Waals surface area contributed by atoms with Gasteiger partial charge in [-0.3, -0.25) is 4.79 Å². The number of nitrogens with zero attached hydrogens (tertiary/aromatic N) is 2. The Bertz CT molecular complexity index is 2450. The number of carbonyl (C=O) groups excluding carboxylic acids is 1. The van der Waals surface area contributed by atoms with E-state index in [9.17, 15) is 9.90 Å². The van der Waals surface area contributed by atoms with Gasteiger partial charge in [-0.05, 0) is 50.2 Å². The predicted molar refractivity (Wildman–Crippen MR) is 185 cm³/mol. The molecule has 5 aromatic heterocycles. The van der Waals surface area contributed by atoms with E-state index in [1.807, 2.05) is 38.1 Å². The number of aromatic hydroxyl groups is 1. The van der Waals surface area contributed by atoms with Crippen LogP contribution in [0.2, 0.25) is 0 Å². The highest BCUT2D eigenvalue weighted by Gasteiger charge is 2.15. The van der Waals surface area contributed by atoms with E-state index in [2.05, 4.69) is 21.2 Å². The van der Waals surface area contributed by atoms with E-state index in [1.165, 1.54) is 0 Å². The summed E-state index contributed by atoms with van der Waals surface area (Å²) in [4.78, 5) is 19.8. The number of aryl methyl sites for hydroxylation is 2. The van der Waals surface area contributed by atoms with Crippen molar-refractivity contribution in [3.63, 3.8) is 0 Å². The van der Waals surface area contributed by atoms with Crippen LogP contribution in [0.1, 0.15) is 22.1 Å². The van der Waals surface area contributed by atoms with Crippen LogP contribution in [0.3, 0.4) is 0 Å². The molecule has 2 N–H and O–H groups in total. The molecule has 0 spiro atoms. The number of carbonyl (C=O) groups is 1. The summed E-state index contributed by atoms with van der Waals surface area (Å²) in [5.74, 6) is 7.37. The number of amides is 1. The molecule has 0 bridgehead atoms. The molecule has 12 heteroatoms. The molecule has 3 aromatic carbocycles. The average molecular weight is 674 g/mol. The Balaban J connectivity index is 0.000000130. The van der Waals surface area contributed by atoms with Gasteiger partial charge < -0.3 is 42.0 Å². The highest BCUT2D eigenvalue weighted by atomic mass is 16.5. The van der Waals surface area contributed by atoms with E-state index in [1.54, 1.807) is 75.1 Å². The lowest BCUT2D eigenvalue weighted by atomic mass is 10.2. The van der Waals surface area contributed by atoms with Gasteiger partial charge in [0.1, 0.15) is 45.5 Å². The third kappa shape index (κ3) is 7.02. The van der Waals surface area contributed by atoms with Crippen molar-refractivity contribution in [1.82, 2.24) is 15.3 Å². The number of phenolic OH excluding ortho intramolecular Hbond substituents is 1. The maximum absolute atomic E-state index is 11.6. The Hall–Kier alpha value is -6.87. The zero-order valence-corrected chi connectivity index (χ0v) is 27.5. The average Bonchev–Trinajstić information content (AvgIpc) is 3.96. The second kappa shape index (κ2) is 14.5. The largest absolute Gasteiger partial charge is 0.507 e. The molecule has 0 aliphatic heterocycles. The Labute approximate surface area is 285 Å². The summed E-state index contributed by atoms with van der Waals surface area (Å²) in [6.07, 6.45) is 8.35. The van der Waals surface area contributed by atoms with Crippen LogP contribution in [0.5, 0.6) is 17.2 Å². The van der Waals surface area contributed by atoms with Crippen LogP contribution in [0.15, 0.2) is 107 Å². The lowest BCUT2D eigenvalue weighted by Gasteiger charge is -1.98. The van der Waals surface area contributed by atoms with Crippen molar-refractivity contribution in [3.8, 4) is 52.9 Å². The van der Waals surface area contributed by atoms with E-state index < -0.39 is 0 Å². The van der Waals surface area contributed by atoms with Crippen molar-refractivity contribution in [2.24, 2.45) is 0 Å². The molecule has 8 aromatic rings. The molecule has 5 heterocycles. The molecule has 252 valence electrons. The summed E-state index contributed by atoms with van der Waals surface area (Å²) >= 11 is 0. The van der Waals surface area contributed by atoms with Crippen LogP contribution in [0, 0.1) is 26.2 Å². The second-order valence-corrected chi connectivity index (χ2v) is 10.7. The van der Waals surface area contributed by atoms with Gasteiger partial charge >= 0.3 is 0 Å². The Morgan fingerprint density at radius 3 is 1.74 bits per heavy atom. The van der Waals surface area contributed by atoms with E-state index in [0.717, 1.165) is 33.6 Å². The van der Waals surface area contributed by atoms with Gasteiger partial charge in [-0.25, -0.2) is 9.97 Å². The third-order valence-electron chi connectivity index (χ3n) is 7.26. The first kappa shape index (κ1) is 33.0. The highest BCUT2D eigenvalue weighted by Crippen LogP contribution is 2.34. The maximum atomic E-state index is 11.6. The zero-order valence-electron chi connectivity index (χ0n) is 27.5. The molecule has 0 saturated heterocycles. The van der Waals surface area contributed by atoms with Crippen molar-refractivity contribution in [3.05, 3.63) is 102 Å². The summed E-state index contributed by atoms with van der Waals surface area (Å²) in [5.41, 5.74) is 1.98. The summed E-state index contributed by atoms with van der Waals surface area (Å²) in [5, 5.41) is 14.5. The van der Waals surface area contributed by atoms with E-state index in [0.29, 0.717) is 45.6 Å². The minimum atomic E-state index is -0.332. The lowest BCUT2D eigenvalue weighted by molar-refractivity contribution is 0.0933. The van der Waals surface area contributed by atoms with Crippen LogP contribution in [0.25, 0.3) is 56.2 Å². The van der Waals surface area contributed by atoms with Gasteiger partial charge in [0.25, 0.3) is 17.7 Å². The van der Waals surface area contributed by atoms with Gasteiger partial charge in [-0.1, -0.05) is 24.1 Å². The van der Waals surface area contributed by atoms with E-state index >= 15 is 0 Å². The molecule has 12 nitrogen and oxygen atoms in total. The molecule has 50 heavy (non-hydrogen) atoms. The highest BCUT2D eigenvalue weighted by molar-refractivity contribution is 5.97. The number of ether oxygens (including phenoxy) is 2. The van der Waals surface area contributed by atoms with Crippen molar-refractivity contribution in [1.29, 1.82) is 0 Å². The fourth-order valence-corrected chi connectivity index (χ4v) is 4.95. The summed E-state index contributed by atoms with van der Waals surface area (Å²) < 4.78 is 37.8. The number of oxazole rings is 2. The number of terminal acetylenes is 1. The van der Waals surface area contributed by atoms with Crippen LogP contribution >= 0.6 is 0 Å². The molecule has 0 fully saturated rings. The normalized spacial score (nSPS) is 10.6. The van der Waals surface area contributed by atoms with Gasteiger partial charge in [0.15, 0.2) is 17.3 Å². The molecule has 0 radical (unpaired) electrons. The summed E-state index contributed by atoms with van der Waals surface area (Å²) in [7, 11) is 3.20.